The third kappa shape index (κ3) is 3.94. The molecule has 0 radical (unpaired) electrons. The summed E-state index contributed by atoms with van der Waals surface area (Å²) in [5, 5.41) is 0. The first kappa shape index (κ1) is 27.1. The molecule has 4 aliphatic rings. The molecule has 4 aliphatic carbocycles. The van der Waals surface area contributed by atoms with E-state index >= 15 is 0 Å². The van der Waals surface area contributed by atoms with Crippen molar-refractivity contribution in [2.75, 3.05) is 0 Å². The molecule has 1 aromatic carbocycles. The Balaban J connectivity index is 1.28. The molecule has 0 aliphatic heterocycles. The van der Waals surface area contributed by atoms with Crippen molar-refractivity contribution in [3.8, 4) is 5.75 Å². The highest BCUT2D eigenvalue weighted by Gasteiger charge is 2.56. The summed E-state index contributed by atoms with van der Waals surface area (Å²) in [6.45, 7) is 4.52. The van der Waals surface area contributed by atoms with Gasteiger partial charge in [-0.05, 0) is 89.5 Å². The fourth-order valence-corrected chi connectivity index (χ4v) is 8.00. The predicted octanol–water partition coefficient (Wildman–Crippen LogP) is 9.19. The van der Waals surface area contributed by atoms with Crippen LogP contribution in [0.15, 0.2) is 54.1 Å². The lowest BCUT2D eigenvalue weighted by atomic mass is 9.48. The second-order valence-electron chi connectivity index (χ2n) is 11.9. The van der Waals surface area contributed by atoms with Gasteiger partial charge in [-0.25, -0.2) is 8.78 Å². The fraction of sp³-hybridized carbons (Fsp3) is 0.452. The summed E-state index contributed by atoms with van der Waals surface area (Å²) < 4.78 is 101. The molecule has 1 saturated carbocycles. The molecule has 5 atom stereocenters. The first-order valence-electron chi connectivity index (χ1n) is 13.5. The molecule has 0 N–H and O–H groups in total. The molecular weight excluding hydrogens is 535 g/mol. The molecule has 212 valence electrons. The van der Waals surface area contributed by atoms with Gasteiger partial charge in [-0.1, -0.05) is 32.1 Å². The summed E-state index contributed by atoms with van der Waals surface area (Å²) in [6, 6.07) is 4.06. The van der Waals surface area contributed by atoms with E-state index in [1.807, 2.05) is 12.3 Å². The summed E-state index contributed by atoms with van der Waals surface area (Å²) in [6.07, 6.45) is 8.76. The SMILES string of the molecule is C[C@]12CCC(Oc3c(F)c(F)c(C(F)(F)F)c(F)c3F)=CC1=CCC1C2CC[C@]2(C)C(c3cccnc3)=CCC12. The minimum absolute atomic E-state index is 0.0382. The first-order chi connectivity index (χ1) is 18.9. The molecule has 40 heavy (non-hydrogen) atoms. The quantitative estimate of drug-likeness (QED) is 0.274. The Kier molecular flexibility index (Phi) is 6.24. The third-order valence-corrected chi connectivity index (χ3v) is 10.0. The number of alkyl halides is 3. The van der Waals surface area contributed by atoms with Gasteiger partial charge >= 0.3 is 6.18 Å². The van der Waals surface area contributed by atoms with Crippen molar-refractivity contribution in [3.05, 3.63) is 88.5 Å². The van der Waals surface area contributed by atoms with Crippen LogP contribution in [0.2, 0.25) is 0 Å². The number of aromatic nitrogens is 1. The van der Waals surface area contributed by atoms with Gasteiger partial charge in [0.2, 0.25) is 17.4 Å². The number of allylic oxidation sites excluding steroid dienone is 6. The van der Waals surface area contributed by atoms with Crippen LogP contribution in [0, 0.1) is 51.9 Å². The summed E-state index contributed by atoms with van der Waals surface area (Å²) >= 11 is 0. The van der Waals surface area contributed by atoms with E-state index in [9.17, 15) is 30.7 Å². The molecule has 3 unspecified atom stereocenters. The molecule has 2 aromatic rings. The molecule has 0 saturated heterocycles. The zero-order valence-corrected chi connectivity index (χ0v) is 22.0. The van der Waals surface area contributed by atoms with Gasteiger partial charge in [0.1, 0.15) is 11.3 Å². The van der Waals surface area contributed by atoms with E-state index in [1.165, 1.54) is 5.57 Å². The molecule has 0 spiro atoms. The largest absolute Gasteiger partial charge is 0.455 e. The maximum absolute atomic E-state index is 14.5. The average molecular weight is 564 g/mol. The van der Waals surface area contributed by atoms with Crippen molar-refractivity contribution in [3.63, 3.8) is 0 Å². The monoisotopic (exact) mass is 563 g/mol. The lowest BCUT2D eigenvalue weighted by Gasteiger charge is -2.56. The van der Waals surface area contributed by atoms with Gasteiger partial charge in [0.15, 0.2) is 11.6 Å². The van der Waals surface area contributed by atoms with Crippen LogP contribution in [0.4, 0.5) is 30.7 Å². The van der Waals surface area contributed by atoms with Crippen molar-refractivity contribution >= 4 is 5.57 Å². The summed E-state index contributed by atoms with van der Waals surface area (Å²) in [7, 11) is 0. The normalized spacial score (nSPS) is 31.4. The molecule has 2 nitrogen and oxygen atoms in total. The Morgan fingerprint density at radius 3 is 2.27 bits per heavy atom. The number of benzene rings is 1. The van der Waals surface area contributed by atoms with Crippen LogP contribution in [-0.4, -0.2) is 4.98 Å². The maximum Gasteiger partial charge on any atom is 0.422 e. The molecule has 0 amide bonds. The van der Waals surface area contributed by atoms with E-state index in [1.54, 1.807) is 12.3 Å². The smallest absolute Gasteiger partial charge is 0.422 e. The van der Waals surface area contributed by atoms with Crippen LogP contribution in [0.3, 0.4) is 0 Å². The molecule has 9 heteroatoms. The number of rotatable bonds is 3. The minimum atomic E-state index is -5.60. The molecule has 0 bridgehead atoms. The van der Waals surface area contributed by atoms with Crippen molar-refractivity contribution in [1.82, 2.24) is 4.98 Å². The number of hydrogen-bond donors (Lipinski definition) is 0. The van der Waals surface area contributed by atoms with E-state index in [-0.39, 0.29) is 23.0 Å². The fourth-order valence-electron chi connectivity index (χ4n) is 8.00. The molecule has 1 aromatic heterocycles. The van der Waals surface area contributed by atoms with Crippen LogP contribution in [0.5, 0.6) is 5.75 Å². The van der Waals surface area contributed by atoms with E-state index in [2.05, 4.69) is 37.0 Å². The predicted molar refractivity (Wildman–Crippen MR) is 135 cm³/mol. The number of fused-ring (bicyclic) bond motifs is 5. The van der Waals surface area contributed by atoms with Gasteiger partial charge in [-0.3, -0.25) is 4.98 Å². The van der Waals surface area contributed by atoms with Gasteiger partial charge < -0.3 is 4.74 Å². The minimum Gasteiger partial charge on any atom is -0.455 e. The first-order valence-corrected chi connectivity index (χ1v) is 13.5. The summed E-state index contributed by atoms with van der Waals surface area (Å²) in [5.41, 5.74) is 0.618. The topological polar surface area (TPSA) is 22.1 Å². The highest BCUT2D eigenvalue weighted by Crippen LogP contribution is 2.66. The van der Waals surface area contributed by atoms with Crippen molar-refractivity contribution in [2.24, 2.45) is 28.6 Å². The lowest BCUT2D eigenvalue weighted by molar-refractivity contribution is -0.143. The number of pyridine rings is 1. The van der Waals surface area contributed by atoms with Gasteiger partial charge in [0.05, 0.1) is 0 Å². The van der Waals surface area contributed by atoms with Crippen LogP contribution in [0.1, 0.15) is 63.5 Å². The summed E-state index contributed by atoms with van der Waals surface area (Å²) in [4.78, 5) is 4.31. The van der Waals surface area contributed by atoms with E-state index in [0.29, 0.717) is 24.2 Å². The van der Waals surface area contributed by atoms with Crippen LogP contribution >= 0.6 is 0 Å². The molecule has 1 heterocycles. The van der Waals surface area contributed by atoms with Crippen LogP contribution in [0.25, 0.3) is 5.57 Å². The zero-order chi connectivity index (χ0) is 28.6. The van der Waals surface area contributed by atoms with Crippen molar-refractivity contribution < 1.29 is 35.5 Å². The number of ether oxygens (including phenoxy) is 1. The van der Waals surface area contributed by atoms with Crippen molar-refractivity contribution in [1.29, 1.82) is 0 Å². The Morgan fingerprint density at radius 2 is 1.62 bits per heavy atom. The Morgan fingerprint density at radius 1 is 0.900 bits per heavy atom. The number of hydrogen-bond acceptors (Lipinski definition) is 2. The second kappa shape index (κ2) is 9.21. The summed E-state index contributed by atoms with van der Waals surface area (Å²) in [5.74, 6) is -9.65. The van der Waals surface area contributed by atoms with Gasteiger partial charge in [0.25, 0.3) is 0 Å². The Bertz CT molecular complexity index is 1430. The van der Waals surface area contributed by atoms with Crippen LogP contribution in [-0.2, 0) is 6.18 Å². The Labute approximate surface area is 227 Å². The Hall–Kier alpha value is -3.10. The third-order valence-electron chi connectivity index (χ3n) is 10.0. The van der Waals surface area contributed by atoms with E-state index < -0.39 is 40.8 Å². The lowest BCUT2D eigenvalue weighted by Crippen LogP contribution is -2.48. The standard InChI is InChI=1S/C31H28F7NO/c1-29-11-9-18(40-28-26(34)24(32)23(31(36,37)38)25(33)27(28)35)14-17(29)5-6-19-21-8-7-20(16-4-3-13-39-15-16)30(21,2)12-10-22(19)29/h3-5,7,13-15,19,21-22H,6,8-12H2,1-2H3/t19?,21?,22?,29-,30+/m0/s1. The van der Waals surface area contributed by atoms with Gasteiger partial charge in [0, 0.05) is 18.8 Å². The highest BCUT2D eigenvalue weighted by atomic mass is 19.4. The second-order valence-corrected chi connectivity index (χ2v) is 11.9. The van der Waals surface area contributed by atoms with E-state index in [0.717, 1.165) is 36.8 Å². The van der Waals surface area contributed by atoms with Gasteiger partial charge in [-0.15, -0.1) is 0 Å². The average Bonchev–Trinajstić information content (AvgIpc) is 3.27. The molecule has 1 fully saturated rings. The van der Waals surface area contributed by atoms with E-state index in [4.69, 9.17) is 4.74 Å². The molecular formula is C31H28F7NO. The van der Waals surface area contributed by atoms with Crippen LogP contribution < -0.4 is 4.74 Å². The maximum atomic E-state index is 14.5. The van der Waals surface area contributed by atoms with Gasteiger partial charge in [-0.2, -0.15) is 22.0 Å². The number of nitrogens with zero attached hydrogens (tertiary/aromatic N) is 1. The highest BCUT2D eigenvalue weighted by molar-refractivity contribution is 5.72. The zero-order valence-electron chi connectivity index (χ0n) is 22.0. The number of halogens is 7. The molecule has 6 rings (SSSR count). The van der Waals surface area contributed by atoms with Crippen molar-refractivity contribution in [2.45, 2.75) is 58.5 Å².